The number of benzene rings is 1. The monoisotopic (exact) mass is 215 g/mol. The molecule has 2 atom stereocenters. The van der Waals surface area contributed by atoms with Gasteiger partial charge in [-0.15, -0.1) is 0 Å². The third-order valence-corrected chi connectivity index (χ3v) is 2.79. The largest absolute Gasteiger partial charge is 0.772 e. The molecule has 1 aromatic carbocycles. The number of halogens is 1. The summed E-state index contributed by atoms with van der Waals surface area (Å²) in [5.74, 6) is -0.241. The van der Waals surface area contributed by atoms with Crippen molar-refractivity contribution in [1.82, 2.24) is 0 Å². The summed E-state index contributed by atoms with van der Waals surface area (Å²) >= 11 is -2.05. The normalized spacial score (nSPS) is 15.1. The quantitative estimate of drug-likeness (QED) is 0.719. The van der Waals surface area contributed by atoms with Crippen LogP contribution in [0.1, 0.15) is 12.5 Å². The van der Waals surface area contributed by atoms with Crippen LogP contribution in [0.15, 0.2) is 24.3 Å². The maximum atomic E-state index is 13.1. The molecule has 0 aliphatic carbocycles. The number of hydrogen-bond donors (Lipinski definition) is 0. The van der Waals surface area contributed by atoms with Crippen molar-refractivity contribution in [2.24, 2.45) is 5.92 Å². The second-order valence-corrected chi connectivity index (χ2v) is 4.31. The molecule has 2 nitrogen and oxygen atoms in total. The minimum absolute atomic E-state index is 0.0507. The zero-order valence-electron chi connectivity index (χ0n) is 7.90. The fraction of sp³-hybridized carbons (Fsp3) is 0.400. The summed E-state index contributed by atoms with van der Waals surface area (Å²) in [5, 5.41) is 0. The predicted octanol–water partition coefficient (Wildman–Crippen LogP) is 1.88. The van der Waals surface area contributed by atoms with E-state index in [0.29, 0.717) is 12.0 Å². The van der Waals surface area contributed by atoms with E-state index in [0.717, 1.165) is 0 Å². The van der Waals surface area contributed by atoms with Gasteiger partial charge in [0, 0.05) is 5.75 Å². The van der Waals surface area contributed by atoms with Gasteiger partial charge in [0.1, 0.15) is 5.82 Å². The average Bonchev–Trinajstić information content (AvgIpc) is 2.07. The van der Waals surface area contributed by atoms with E-state index in [1.807, 2.05) is 0 Å². The van der Waals surface area contributed by atoms with E-state index in [1.54, 1.807) is 25.1 Å². The summed E-state index contributed by atoms with van der Waals surface area (Å²) in [7, 11) is 0. The minimum atomic E-state index is -2.05. The Kier molecular flexibility index (Phi) is 4.22. The molecule has 0 aromatic heterocycles. The summed E-state index contributed by atoms with van der Waals surface area (Å²) in [6.07, 6.45) is 0.459. The summed E-state index contributed by atoms with van der Waals surface area (Å²) < 4.78 is 33.9. The molecule has 78 valence electrons. The van der Waals surface area contributed by atoms with Gasteiger partial charge in [-0.1, -0.05) is 36.2 Å². The molecule has 0 radical (unpaired) electrons. The highest BCUT2D eigenvalue weighted by Gasteiger charge is 2.07. The van der Waals surface area contributed by atoms with Crippen molar-refractivity contribution in [3.8, 4) is 0 Å². The Morgan fingerprint density at radius 1 is 1.50 bits per heavy atom. The van der Waals surface area contributed by atoms with Crippen LogP contribution in [0.5, 0.6) is 0 Å². The van der Waals surface area contributed by atoms with Crippen LogP contribution in [0.4, 0.5) is 4.39 Å². The van der Waals surface area contributed by atoms with Crippen molar-refractivity contribution in [2.45, 2.75) is 13.3 Å². The highest BCUT2D eigenvalue weighted by molar-refractivity contribution is 7.79. The molecule has 0 heterocycles. The van der Waals surface area contributed by atoms with E-state index in [1.165, 1.54) is 6.07 Å². The Labute approximate surface area is 85.4 Å². The van der Waals surface area contributed by atoms with Crippen LogP contribution < -0.4 is 0 Å². The van der Waals surface area contributed by atoms with E-state index in [9.17, 15) is 13.2 Å². The van der Waals surface area contributed by atoms with Crippen LogP contribution in [-0.2, 0) is 17.5 Å². The SMILES string of the molecule is CC(Cc1ccccc1F)CS(=O)[O-]. The van der Waals surface area contributed by atoms with Crippen molar-refractivity contribution >= 4 is 11.1 Å². The molecule has 0 spiro atoms. The lowest BCUT2D eigenvalue weighted by molar-refractivity contribution is 0.515. The van der Waals surface area contributed by atoms with Crippen LogP contribution in [0, 0.1) is 11.7 Å². The van der Waals surface area contributed by atoms with E-state index in [-0.39, 0.29) is 17.5 Å². The van der Waals surface area contributed by atoms with E-state index >= 15 is 0 Å². The zero-order valence-corrected chi connectivity index (χ0v) is 8.72. The molecule has 0 N–H and O–H groups in total. The topological polar surface area (TPSA) is 40.1 Å². The van der Waals surface area contributed by atoms with Gasteiger partial charge in [0.25, 0.3) is 0 Å². The summed E-state index contributed by atoms with van der Waals surface area (Å²) in [6, 6.07) is 6.43. The standard InChI is InChI=1S/C10H13FO2S/c1-8(7-14(12)13)6-9-4-2-3-5-10(9)11/h2-5,8H,6-7H2,1H3,(H,12,13)/p-1. The van der Waals surface area contributed by atoms with Gasteiger partial charge in [0.15, 0.2) is 0 Å². The summed E-state index contributed by atoms with van der Waals surface area (Å²) in [5.41, 5.74) is 0.574. The van der Waals surface area contributed by atoms with Gasteiger partial charge in [-0.05, 0) is 24.0 Å². The Balaban J connectivity index is 2.60. The van der Waals surface area contributed by atoms with Crippen molar-refractivity contribution in [3.63, 3.8) is 0 Å². The van der Waals surface area contributed by atoms with Gasteiger partial charge >= 0.3 is 0 Å². The maximum Gasteiger partial charge on any atom is 0.126 e. The van der Waals surface area contributed by atoms with Gasteiger partial charge < -0.3 is 4.55 Å². The van der Waals surface area contributed by atoms with Crippen LogP contribution in [0.3, 0.4) is 0 Å². The predicted molar refractivity (Wildman–Crippen MR) is 53.1 cm³/mol. The van der Waals surface area contributed by atoms with Gasteiger partial charge in [0.05, 0.1) is 0 Å². The van der Waals surface area contributed by atoms with Crippen molar-refractivity contribution in [1.29, 1.82) is 0 Å². The van der Waals surface area contributed by atoms with Crippen LogP contribution in [-0.4, -0.2) is 14.5 Å². The third kappa shape index (κ3) is 3.55. The second kappa shape index (κ2) is 5.22. The fourth-order valence-corrected chi connectivity index (χ4v) is 1.91. The molecule has 0 aliphatic heterocycles. The lowest BCUT2D eigenvalue weighted by atomic mass is 10.0. The molecular formula is C10H12FO2S-. The fourth-order valence-electron chi connectivity index (χ4n) is 1.33. The van der Waals surface area contributed by atoms with E-state index < -0.39 is 11.1 Å². The van der Waals surface area contributed by atoms with Crippen LogP contribution >= 0.6 is 0 Å². The van der Waals surface area contributed by atoms with Crippen molar-refractivity contribution in [3.05, 3.63) is 35.6 Å². The molecule has 0 bridgehead atoms. The first-order valence-corrected chi connectivity index (χ1v) is 5.63. The molecule has 0 saturated carbocycles. The summed E-state index contributed by atoms with van der Waals surface area (Å²) in [6.45, 7) is 1.79. The molecule has 4 heteroatoms. The number of hydrogen-bond acceptors (Lipinski definition) is 2. The first-order valence-electron chi connectivity index (χ1n) is 4.39. The molecule has 0 aliphatic rings. The lowest BCUT2D eigenvalue weighted by Gasteiger charge is -2.13. The third-order valence-electron chi connectivity index (χ3n) is 1.95. The first kappa shape index (κ1) is 11.3. The highest BCUT2D eigenvalue weighted by Crippen LogP contribution is 2.12. The van der Waals surface area contributed by atoms with Gasteiger partial charge in [0.2, 0.25) is 0 Å². The van der Waals surface area contributed by atoms with E-state index in [4.69, 9.17) is 0 Å². The molecule has 0 amide bonds. The first-order chi connectivity index (χ1) is 6.59. The Morgan fingerprint density at radius 3 is 2.71 bits per heavy atom. The molecule has 0 fully saturated rings. The Bertz CT molecular complexity index is 328. The average molecular weight is 215 g/mol. The van der Waals surface area contributed by atoms with Gasteiger partial charge in [-0.3, -0.25) is 4.21 Å². The smallest absolute Gasteiger partial charge is 0.126 e. The highest BCUT2D eigenvalue weighted by atomic mass is 32.2. The maximum absolute atomic E-state index is 13.1. The van der Waals surface area contributed by atoms with Gasteiger partial charge in [-0.2, -0.15) is 0 Å². The van der Waals surface area contributed by atoms with Crippen LogP contribution in [0.2, 0.25) is 0 Å². The Morgan fingerprint density at radius 2 is 2.14 bits per heavy atom. The molecule has 14 heavy (non-hydrogen) atoms. The van der Waals surface area contributed by atoms with E-state index in [2.05, 4.69) is 0 Å². The molecular weight excluding hydrogens is 203 g/mol. The number of rotatable bonds is 4. The molecule has 0 saturated heterocycles. The summed E-state index contributed by atoms with van der Waals surface area (Å²) in [4.78, 5) is 0. The van der Waals surface area contributed by atoms with Crippen LogP contribution in [0.25, 0.3) is 0 Å². The second-order valence-electron chi connectivity index (χ2n) is 3.37. The minimum Gasteiger partial charge on any atom is -0.772 e. The molecule has 1 aromatic rings. The zero-order chi connectivity index (χ0) is 10.6. The lowest BCUT2D eigenvalue weighted by Crippen LogP contribution is -2.10. The van der Waals surface area contributed by atoms with Crippen molar-refractivity contribution in [2.75, 3.05) is 5.75 Å². The van der Waals surface area contributed by atoms with Crippen molar-refractivity contribution < 1.29 is 13.2 Å². The molecule has 1 rings (SSSR count). The molecule has 2 unspecified atom stereocenters. The Hall–Kier alpha value is -0.740. The van der Waals surface area contributed by atoms with Gasteiger partial charge in [-0.25, -0.2) is 4.39 Å².